The van der Waals surface area contributed by atoms with Crippen LogP contribution in [0.5, 0.6) is 0 Å². The molecule has 1 atom stereocenters. The quantitative estimate of drug-likeness (QED) is 0.697. The number of aromatic amines is 1. The van der Waals surface area contributed by atoms with Gasteiger partial charge in [-0.2, -0.15) is 10.2 Å². The fraction of sp³-hybridized carbons (Fsp3) is 0.316. The topological polar surface area (TPSA) is 117 Å². The van der Waals surface area contributed by atoms with Gasteiger partial charge in [0.1, 0.15) is 17.9 Å². The maximum Gasteiger partial charge on any atom is 0.325 e. The van der Waals surface area contributed by atoms with Crippen LogP contribution in [0.4, 0.5) is 0 Å². The van der Waals surface area contributed by atoms with Gasteiger partial charge >= 0.3 is 5.97 Å². The molecule has 4 heterocycles. The molecule has 3 aromatic rings. The first-order chi connectivity index (χ1) is 13.6. The summed E-state index contributed by atoms with van der Waals surface area (Å²) in [4.78, 5) is 30.0. The Kier molecular flexibility index (Phi) is 4.88. The first-order valence-electron chi connectivity index (χ1n) is 9.11. The second-order valence-electron chi connectivity index (χ2n) is 6.78. The number of hydrogen-bond donors (Lipinski definition) is 2. The number of hydrogen-bond acceptors (Lipinski definition) is 5. The highest BCUT2D eigenvalue weighted by atomic mass is 16.4. The van der Waals surface area contributed by atoms with E-state index in [1.807, 2.05) is 24.3 Å². The lowest BCUT2D eigenvalue weighted by Crippen LogP contribution is -2.40. The van der Waals surface area contributed by atoms with E-state index in [2.05, 4.69) is 20.3 Å². The third kappa shape index (κ3) is 3.64. The van der Waals surface area contributed by atoms with Crippen molar-refractivity contribution in [1.82, 2.24) is 29.9 Å². The third-order valence-electron chi connectivity index (χ3n) is 4.90. The van der Waals surface area contributed by atoms with Gasteiger partial charge in [-0.05, 0) is 37.1 Å². The van der Waals surface area contributed by atoms with E-state index in [-0.39, 0.29) is 18.4 Å². The average molecular weight is 380 g/mol. The molecule has 1 aliphatic rings. The molecular weight excluding hydrogens is 360 g/mol. The Balaban J connectivity index is 1.49. The van der Waals surface area contributed by atoms with Crippen molar-refractivity contribution in [3.8, 4) is 11.4 Å². The van der Waals surface area contributed by atoms with Gasteiger partial charge in [-0.25, -0.2) is 0 Å². The molecule has 9 heteroatoms. The molecular formula is C19H20N6O3. The number of nitrogens with zero attached hydrogens (tertiary/aromatic N) is 5. The summed E-state index contributed by atoms with van der Waals surface area (Å²) in [6.45, 7) is 0.989. The van der Waals surface area contributed by atoms with Crippen LogP contribution in [-0.2, 0) is 11.3 Å². The average Bonchev–Trinajstić information content (AvgIpc) is 3.37. The largest absolute Gasteiger partial charge is 0.480 e. The van der Waals surface area contributed by atoms with Crippen LogP contribution in [0.15, 0.2) is 42.7 Å². The van der Waals surface area contributed by atoms with Crippen LogP contribution < -0.4 is 0 Å². The Morgan fingerprint density at radius 3 is 2.89 bits per heavy atom. The molecule has 0 unspecified atom stereocenters. The molecule has 1 fully saturated rings. The number of aromatic nitrogens is 5. The molecule has 1 saturated heterocycles. The molecule has 0 spiro atoms. The lowest BCUT2D eigenvalue weighted by Gasteiger charge is -2.32. The Hall–Kier alpha value is -3.49. The summed E-state index contributed by atoms with van der Waals surface area (Å²) in [7, 11) is 0. The fourth-order valence-corrected chi connectivity index (χ4v) is 3.60. The van der Waals surface area contributed by atoms with Crippen LogP contribution in [0, 0.1) is 0 Å². The first-order valence-corrected chi connectivity index (χ1v) is 9.11. The third-order valence-corrected chi connectivity index (χ3v) is 4.90. The van der Waals surface area contributed by atoms with Gasteiger partial charge < -0.3 is 10.0 Å². The standard InChI is InChI=1S/C19H20N6O3/c26-18(27)12-25-17(6-8-21-25)13-4-3-9-24(11-13)19(28)16-10-15(22-23-16)14-5-1-2-7-20-14/h1-2,5-8,10,13H,3-4,9,11-12H2,(H,22,23)(H,26,27)/t13-/m1/s1. The summed E-state index contributed by atoms with van der Waals surface area (Å²) in [5, 5.41) is 20.2. The van der Waals surface area contributed by atoms with Crippen molar-refractivity contribution in [2.24, 2.45) is 0 Å². The molecule has 3 aromatic heterocycles. The molecule has 4 rings (SSSR count). The molecule has 2 N–H and O–H groups in total. The number of carbonyl (C=O) groups excluding carboxylic acids is 1. The van der Waals surface area contributed by atoms with Crippen molar-refractivity contribution >= 4 is 11.9 Å². The van der Waals surface area contributed by atoms with Gasteiger partial charge in [0.25, 0.3) is 5.91 Å². The molecule has 1 aliphatic heterocycles. The van der Waals surface area contributed by atoms with E-state index in [4.69, 9.17) is 5.11 Å². The Bertz CT molecular complexity index is 980. The smallest absolute Gasteiger partial charge is 0.325 e. The zero-order chi connectivity index (χ0) is 19.5. The number of carboxylic acids is 1. The molecule has 0 bridgehead atoms. The van der Waals surface area contributed by atoms with E-state index in [1.165, 1.54) is 4.68 Å². The monoisotopic (exact) mass is 380 g/mol. The van der Waals surface area contributed by atoms with Crippen molar-refractivity contribution in [3.05, 3.63) is 54.1 Å². The molecule has 28 heavy (non-hydrogen) atoms. The summed E-state index contributed by atoms with van der Waals surface area (Å²) in [5.41, 5.74) is 2.59. The van der Waals surface area contributed by atoms with E-state index >= 15 is 0 Å². The SMILES string of the molecule is O=C(O)Cn1nccc1[C@@H]1CCCN(C(=O)c2cc(-c3ccccn3)n[nH]2)C1. The van der Waals surface area contributed by atoms with Gasteiger partial charge in [0.2, 0.25) is 0 Å². The number of pyridine rings is 1. The van der Waals surface area contributed by atoms with Crippen molar-refractivity contribution in [1.29, 1.82) is 0 Å². The van der Waals surface area contributed by atoms with Crippen LogP contribution in [0.2, 0.25) is 0 Å². The number of aliphatic carboxylic acids is 1. The maximum absolute atomic E-state index is 12.9. The van der Waals surface area contributed by atoms with Gasteiger partial charge in [0.15, 0.2) is 0 Å². The molecule has 0 aliphatic carbocycles. The number of amides is 1. The molecule has 9 nitrogen and oxygen atoms in total. The Morgan fingerprint density at radius 1 is 1.21 bits per heavy atom. The molecule has 0 aromatic carbocycles. The van der Waals surface area contributed by atoms with Gasteiger partial charge in [-0.15, -0.1) is 0 Å². The predicted octanol–water partition coefficient (Wildman–Crippen LogP) is 1.77. The number of carbonyl (C=O) groups is 2. The van der Waals surface area contributed by atoms with Crippen LogP contribution in [-0.4, -0.2) is 59.9 Å². The summed E-state index contributed by atoms with van der Waals surface area (Å²) >= 11 is 0. The summed E-state index contributed by atoms with van der Waals surface area (Å²) in [5.74, 6) is -1.00. The zero-order valence-electron chi connectivity index (χ0n) is 15.2. The van der Waals surface area contributed by atoms with Crippen molar-refractivity contribution in [3.63, 3.8) is 0 Å². The van der Waals surface area contributed by atoms with E-state index < -0.39 is 5.97 Å². The van der Waals surface area contributed by atoms with Crippen molar-refractivity contribution in [2.45, 2.75) is 25.3 Å². The highest BCUT2D eigenvalue weighted by molar-refractivity contribution is 5.93. The number of rotatable bonds is 5. The van der Waals surface area contributed by atoms with E-state index in [0.29, 0.717) is 30.2 Å². The fourth-order valence-electron chi connectivity index (χ4n) is 3.60. The summed E-state index contributed by atoms with van der Waals surface area (Å²) in [6.07, 6.45) is 5.02. The molecule has 0 saturated carbocycles. The highest BCUT2D eigenvalue weighted by Crippen LogP contribution is 2.28. The number of carboxylic acid groups (broad SMARTS) is 1. The van der Waals surface area contributed by atoms with Crippen molar-refractivity contribution < 1.29 is 14.7 Å². The second kappa shape index (κ2) is 7.63. The number of nitrogens with one attached hydrogen (secondary N) is 1. The number of H-pyrrole nitrogens is 1. The van der Waals surface area contributed by atoms with Crippen LogP contribution in [0.3, 0.4) is 0 Å². The normalized spacial score (nSPS) is 16.9. The first kappa shape index (κ1) is 17.9. The lowest BCUT2D eigenvalue weighted by atomic mass is 9.94. The maximum atomic E-state index is 12.9. The van der Waals surface area contributed by atoms with Gasteiger partial charge in [-0.3, -0.25) is 24.4 Å². The highest BCUT2D eigenvalue weighted by Gasteiger charge is 2.28. The van der Waals surface area contributed by atoms with Gasteiger partial charge in [-0.1, -0.05) is 6.07 Å². The molecule has 0 radical (unpaired) electrons. The summed E-state index contributed by atoms with van der Waals surface area (Å²) < 4.78 is 1.50. The van der Waals surface area contributed by atoms with E-state index in [1.54, 1.807) is 23.4 Å². The van der Waals surface area contributed by atoms with Gasteiger partial charge in [0.05, 0.1) is 5.69 Å². The Morgan fingerprint density at radius 2 is 2.11 bits per heavy atom. The minimum absolute atomic E-state index is 0.0535. The van der Waals surface area contributed by atoms with E-state index in [0.717, 1.165) is 18.5 Å². The second-order valence-corrected chi connectivity index (χ2v) is 6.78. The number of piperidine rings is 1. The minimum Gasteiger partial charge on any atom is -0.480 e. The van der Waals surface area contributed by atoms with E-state index in [9.17, 15) is 9.59 Å². The van der Waals surface area contributed by atoms with Crippen molar-refractivity contribution in [2.75, 3.05) is 13.1 Å². The van der Waals surface area contributed by atoms with Crippen LogP contribution in [0.1, 0.15) is 34.9 Å². The van der Waals surface area contributed by atoms with Gasteiger partial charge in [0, 0.05) is 37.1 Å². The number of likely N-dealkylation sites (tertiary alicyclic amines) is 1. The minimum atomic E-state index is -0.937. The van der Waals surface area contributed by atoms with Crippen LogP contribution >= 0.6 is 0 Å². The van der Waals surface area contributed by atoms with Crippen LogP contribution in [0.25, 0.3) is 11.4 Å². The predicted molar refractivity (Wildman–Crippen MR) is 99.6 cm³/mol. The summed E-state index contributed by atoms with van der Waals surface area (Å²) in [6, 6.07) is 9.07. The lowest BCUT2D eigenvalue weighted by molar-refractivity contribution is -0.137. The zero-order valence-corrected chi connectivity index (χ0v) is 15.2. The Labute approximate surface area is 161 Å². The molecule has 1 amide bonds. The molecule has 144 valence electrons.